The van der Waals surface area contributed by atoms with Crippen molar-refractivity contribution in [2.24, 2.45) is 0 Å². The molecule has 1 fully saturated rings. The highest BCUT2D eigenvalue weighted by Crippen LogP contribution is 2.28. The van der Waals surface area contributed by atoms with Crippen molar-refractivity contribution in [3.8, 4) is 0 Å². The average Bonchev–Trinajstić information content (AvgIpc) is 2.89. The zero-order valence-corrected chi connectivity index (χ0v) is 20.7. The Balaban J connectivity index is 0.000000532. The van der Waals surface area contributed by atoms with Gasteiger partial charge in [-0.2, -0.15) is 13.2 Å². The zero-order valence-electron chi connectivity index (χ0n) is 20.7. The summed E-state index contributed by atoms with van der Waals surface area (Å²) in [6.07, 6.45) is -5.08. The van der Waals surface area contributed by atoms with E-state index in [9.17, 15) is 32.3 Å². The first-order valence-corrected chi connectivity index (χ1v) is 11.7. The van der Waals surface area contributed by atoms with Crippen LogP contribution in [-0.4, -0.2) is 60.4 Å². The molecule has 206 valence electrons. The van der Waals surface area contributed by atoms with Gasteiger partial charge in [0.05, 0.1) is 16.9 Å². The highest BCUT2D eigenvalue weighted by atomic mass is 19.4. The molecule has 0 radical (unpaired) electrons. The van der Waals surface area contributed by atoms with E-state index in [-0.39, 0.29) is 17.3 Å². The van der Waals surface area contributed by atoms with Gasteiger partial charge in [0.1, 0.15) is 5.82 Å². The third-order valence-electron chi connectivity index (χ3n) is 5.93. The molecule has 0 bridgehead atoms. The fourth-order valence-corrected chi connectivity index (χ4v) is 3.98. The normalized spacial score (nSPS) is 13.3. The SMILES string of the molecule is Cc1ccccc1C(=O)Nc1ccc(N2CCN(c3ccccc3F)CC2)c(C(=O)O)c1.O=C(O)C(F)(F)F. The lowest BCUT2D eigenvalue weighted by Crippen LogP contribution is -2.47. The molecule has 4 rings (SSSR count). The van der Waals surface area contributed by atoms with Crippen LogP contribution in [0.1, 0.15) is 26.3 Å². The lowest BCUT2D eigenvalue weighted by atomic mass is 10.1. The van der Waals surface area contributed by atoms with Gasteiger partial charge in [0.2, 0.25) is 0 Å². The minimum Gasteiger partial charge on any atom is -0.478 e. The summed E-state index contributed by atoms with van der Waals surface area (Å²) in [5.74, 6) is -4.37. The van der Waals surface area contributed by atoms with Gasteiger partial charge in [-0.3, -0.25) is 4.79 Å². The number of halogens is 4. The lowest BCUT2D eigenvalue weighted by molar-refractivity contribution is -0.192. The number of hydrogen-bond acceptors (Lipinski definition) is 5. The van der Waals surface area contributed by atoms with E-state index in [1.165, 1.54) is 12.1 Å². The van der Waals surface area contributed by atoms with Crippen LogP contribution in [-0.2, 0) is 4.79 Å². The number of amides is 1. The van der Waals surface area contributed by atoms with Crippen molar-refractivity contribution >= 4 is 34.9 Å². The molecule has 0 saturated carbocycles. The third kappa shape index (κ3) is 7.46. The van der Waals surface area contributed by atoms with Crippen LogP contribution in [0, 0.1) is 12.7 Å². The second kappa shape index (κ2) is 12.3. The van der Waals surface area contributed by atoms with Gasteiger partial charge in [-0.05, 0) is 48.9 Å². The number of nitrogens with one attached hydrogen (secondary N) is 1. The third-order valence-corrected chi connectivity index (χ3v) is 5.93. The predicted octanol–water partition coefficient (Wildman–Crippen LogP) is 5.04. The molecule has 3 N–H and O–H groups in total. The van der Waals surface area contributed by atoms with E-state index in [1.54, 1.807) is 42.5 Å². The molecule has 1 aliphatic rings. The Kier molecular flexibility index (Phi) is 9.12. The Morgan fingerprint density at radius 1 is 0.795 bits per heavy atom. The lowest BCUT2D eigenvalue weighted by Gasteiger charge is -2.38. The quantitative estimate of drug-likeness (QED) is 0.384. The summed E-state index contributed by atoms with van der Waals surface area (Å²) in [5.41, 5.74) is 3.06. The minimum atomic E-state index is -5.08. The van der Waals surface area contributed by atoms with Crippen molar-refractivity contribution in [3.63, 3.8) is 0 Å². The van der Waals surface area contributed by atoms with Crippen LogP contribution in [0.25, 0.3) is 0 Å². The summed E-state index contributed by atoms with van der Waals surface area (Å²) >= 11 is 0. The van der Waals surface area contributed by atoms with Crippen LogP contribution in [0.5, 0.6) is 0 Å². The molecule has 1 amide bonds. The van der Waals surface area contributed by atoms with Crippen molar-refractivity contribution in [2.45, 2.75) is 13.1 Å². The van der Waals surface area contributed by atoms with E-state index in [0.717, 1.165) is 5.56 Å². The molecule has 0 atom stereocenters. The number of carbonyl (C=O) groups is 3. The largest absolute Gasteiger partial charge is 0.490 e. The zero-order chi connectivity index (χ0) is 28.7. The second-order valence-corrected chi connectivity index (χ2v) is 8.53. The Morgan fingerprint density at radius 2 is 1.33 bits per heavy atom. The first-order valence-electron chi connectivity index (χ1n) is 11.7. The number of aliphatic carboxylic acids is 1. The van der Waals surface area contributed by atoms with Gasteiger partial charge in [0.15, 0.2) is 0 Å². The number of carboxylic acids is 2. The molecule has 39 heavy (non-hydrogen) atoms. The van der Waals surface area contributed by atoms with Crippen LogP contribution in [0.15, 0.2) is 66.7 Å². The minimum absolute atomic E-state index is 0.118. The molecule has 0 aliphatic carbocycles. The maximum atomic E-state index is 14.1. The number of hydrogen-bond donors (Lipinski definition) is 3. The fourth-order valence-electron chi connectivity index (χ4n) is 3.98. The summed E-state index contributed by atoms with van der Waals surface area (Å²) in [6.45, 7) is 4.12. The van der Waals surface area contributed by atoms with Crippen LogP contribution >= 0.6 is 0 Å². The maximum Gasteiger partial charge on any atom is 0.490 e. The van der Waals surface area contributed by atoms with Crippen molar-refractivity contribution in [1.29, 1.82) is 0 Å². The molecule has 3 aromatic rings. The van der Waals surface area contributed by atoms with Gasteiger partial charge in [-0.15, -0.1) is 0 Å². The molecule has 12 heteroatoms. The van der Waals surface area contributed by atoms with Gasteiger partial charge >= 0.3 is 18.1 Å². The molecule has 0 aromatic heterocycles. The molecule has 8 nitrogen and oxygen atoms in total. The number of para-hydroxylation sites is 1. The fraction of sp³-hybridized carbons (Fsp3) is 0.222. The Morgan fingerprint density at radius 3 is 1.87 bits per heavy atom. The average molecular weight is 548 g/mol. The highest BCUT2D eigenvalue weighted by Gasteiger charge is 2.38. The number of rotatable bonds is 5. The van der Waals surface area contributed by atoms with E-state index < -0.39 is 18.1 Å². The van der Waals surface area contributed by atoms with Crippen molar-refractivity contribution in [2.75, 3.05) is 41.3 Å². The standard InChI is InChI=1S/C25H24FN3O3.C2HF3O2/c1-17-6-2-3-7-19(17)24(30)27-18-10-11-22(20(16-18)25(31)32)28-12-14-29(15-13-28)23-9-5-4-8-21(23)26;3-2(4,5)1(6)7/h2-11,16H,12-15H2,1H3,(H,27,30)(H,31,32);(H,6,7). The number of carbonyl (C=O) groups excluding carboxylic acids is 1. The first-order chi connectivity index (χ1) is 18.4. The molecule has 0 unspecified atom stereocenters. The molecule has 1 aliphatic heterocycles. The number of carboxylic acid groups (broad SMARTS) is 2. The van der Waals surface area contributed by atoms with Gasteiger partial charge in [0, 0.05) is 37.4 Å². The van der Waals surface area contributed by atoms with Gasteiger partial charge in [0.25, 0.3) is 5.91 Å². The molecule has 1 heterocycles. The number of aromatic carboxylic acids is 1. The number of benzene rings is 3. The molecular formula is C27H25F4N3O5. The smallest absolute Gasteiger partial charge is 0.478 e. The maximum absolute atomic E-state index is 14.1. The Hall–Kier alpha value is -4.61. The van der Waals surface area contributed by atoms with E-state index >= 15 is 0 Å². The van der Waals surface area contributed by atoms with E-state index in [4.69, 9.17) is 9.90 Å². The highest BCUT2D eigenvalue weighted by molar-refractivity contribution is 6.06. The Labute approximate surface area is 221 Å². The summed E-state index contributed by atoms with van der Waals surface area (Å²) in [5, 5.41) is 19.7. The molecular weight excluding hydrogens is 522 g/mol. The van der Waals surface area contributed by atoms with E-state index in [2.05, 4.69) is 5.32 Å². The van der Waals surface area contributed by atoms with Crippen molar-refractivity contribution in [3.05, 3.63) is 89.2 Å². The number of aryl methyl sites for hydroxylation is 1. The topological polar surface area (TPSA) is 110 Å². The first kappa shape index (κ1) is 29.0. The summed E-state index contributed by atoms with van der Waals surface area (Å²) in [4.78, 5) is 37.4. The number of alkyl halides is 3. The van der Waals surface area contributed by atoms with Gasteiger partial charge in [-0.25, -0.2) is 14.0 Å². The molecule has 3 aromatic carbocycles. The summed E-state index contributed by atoms with van der Waals surface area (Å²) in [7, 11) is 0. The predicted molar refractivity (Wildman–Crippen MR) is 137 cm³/mol. The van der Waals surface area contributed by atoms with E-state index in [1.807, 2.05) is 28.9 Å². The van der Waals surface area contributed by atoms with Gasteiger partial charge < -0.3 is 25.3 Å². The van der Waals surface area contributed by atoms with Crippen molar-refractivity contribution in [1.82, 2.24) is 0 Å². The molecule has 0 spiro atoms. The van der Waals surface area contributed by atoms with E-state index in [0.29, 0.717) is 48.8 Å². The summed E-state index contributed by atoms with van der Waals surface area (Å²) < 4.78 is 45.8. The van der Waals surface area contributed by atoms with Crippen molar-refractivity contribution < 1.29 is 42.2 Å². The number of anilines is 3. The van der Waals surface area contributed by atoms with Crippen LogP contribution in [0.2, 0.25) is 0 Å². The second-order valence-electron chi connectivity index (χ2n) is 8.53. The Bertz CT molecular complexity index is 1360. The number of piperazine rings is 1. The van der Waals surface area contributed by atoms with Crippen LogP contribution in [0.4, 0.5) is 34.6 Å². The van der Waals surface area contributed by atoms with Crippen LogP contribution < -0.4 is 15.1 Å². The molecule has 1 saturated heterocycles. The van der Waals surface area contributed by atoms with Crippen LogP contribution in [0.3, 0.4) is 0 Å². The number of nitrogens with zero attached hydrogens (tertiary/aromatic N) is 2. The monoisotopic (exact) mass is 547 g/mol. The summed E-state index contributed by atoms with van der Waals surface area (Å²) in [6, 6.07) is 18.8. The van der Waals surface area contributed by atoms with Gasteiger partial charge in [-0.1, -0.05) is 30.3 Å².